The van der Waals surface area contributed by atoms with Gasteiger partial charge in [-0.25, -0.2) is 4.98 Å². The highest BCUT2D eigenvalue weighted by atomic mass is 16.5. The van der Waals surface area contributed by atoms with E-state index in [1.54, 1.807) is 36.3 Å². The van der Waals surface area contributed by atoms with Gasteiger partial charge < -0.3 is 25.6 Å². The quantitative estimate of drug-likeness (QED) is 0.722. The molecule has 8 nitrogen and oxygen atoms in total. The van der Waals surface area contributed by atoms with Crippen LogP contribution in [0.1, 0.15) is 12.0 Å². The Kier molecular flexibility index (Phi) is 4.94. The second kappa shape index (κ2) is 7.17. The molecule has 4 N–H and O–H groups in total. The molecule has 0 unspecified atom stereocenters. The smallest absolute Gasteiger partial charge is 0.314 e. The highest BCUT2D eigenvalue weighted by Gasteiger charge is 2.49. The van der Waals surface area contributed by atoms with Crippen LogP contribution in [0.4, 0.5) is 11.8 Å². The van der Waals surface area contributed by atoms with Crippen LogP contribution in [0.2, 0.25) is 0 Å². The van der Waals surface area contributed by atoms with Crippen molar-refractivity contribution in [2.24, 2.45) is 5.41 Å². The Balaban J connectivity index is 1.93. The van der Waals surface area contributed by atoms with Crippen molar-refractivity contribution in [3.8, 4) is 5.75 Å². The van der Waals surface area contributed by atoms with Gasteiger partial charge in [-0.1, -0.05) is 12.1 Å². The number of aliphatic carboxylic acids is 1. The molecule has 0 radical (unpaired) electrons. The molecule has 2 atom stereocenters. The van der Waals surface area contributed by atoms with E-state index in [1.165, 1.54) is 6.20 Å². The number of aromatic nitrogens is 2. The number of nitrogens with two attached hydrogens (primary N) is 1. The van der Waals surface area contributed by atoms with Crippen molar-refractivity contribution in [1.29, 1.82) is 0 Å². The number of methoxy groups -OCH3 is 1. The average Bonchev–Trinajstić information content (AvgIpc) is 2.63. The lowest BCUT2D eigenvalue weighted by molar-refractivity contribution is -0.157. The number of nitrogen functional groups attached to an aromatic ring is 1. The Morgan fingerprint density at radius 3 is 2.96 bits per heavy atom. The van der Waals surface area contributed by atoms with E-state index in [9.17, 15) is 15.0 Å². The SMILES string of the molecule is COc1cccc(C[C@@]2(C(=O)O)CN(c3nccc(N)n3)CC[C@@H]2O)c1. The predicted octanol–water partition coefficient (Wildman–Crippen LogP) is 0.952. The van der Waals surface area contributed by atoms with E-state index in [1.807, 2.05) is 6.07 Å². The van der Waals surface area contributed by atoms with Crippen molar-refractivity contribution >= 4 is 17.7 Å². The molecule has 1 aromatic carbocycles. The summed E-state index contributed by atoms with van der Waals surface area (Å²) in [6.07, 6.45) is 1.02. The first-order chi connectivity index (χ1) is 12.4. The monoisotopic (exact) mass is 358 g/mol. The number of hydrogen-bond acceptors (Lipinski definition) is 7. The van der Waals surface area contributed by atoms with Crippen molar-refractivity contribution in [3.05, 3.63) is 42.1 Å². The van der Waals surface area contributed by atoms with Crippen molar-refractivity contribution in [3.63, 3.8) is 0 Å². The number of rotatable bonds is 5. The molecule has 1 fully saturated rings. The van der Waals surface area contributed by atoms with Gasteiger partial charge in [0.05, 0.1) is 13.2 Å². The molecule has 2 heterocycles. The van der Waals surface area contributed by atoms with Gasteiger partial charge in [0.2, 0.25) is 5.95 Å². The van der Waals surface area contributed by atoms with Crippen LogP contribution in [-0.4, -0.2) is 52.5 Å². The number of ether oxygens (including phenoxy) is 1. The molecule has 3 rings (SSSR count). The van der Waals surface area contributed by atoms with Gasteiger partial charge in [0.1, 0.15) is 17.0 Å². The molecule has 0 spiro atoms. The Morgan fingerprint density at radius 2 is 2.27 bits per heavy atom. The molecule has 138 valence electrons. The zero-order valence-corrected chi connectivity index (χ0v) is 14.5. The van der Waals surface area contributed by atoms with Crippen LogP contribution in [0.5, 0.6) is 5.75 Å². The normalized spacial score (nSPS) is 22.8. The average molecular weight is 358 g/mol. The van der Waals surface area contributed by atoms with Crippen LogP contribution in [-0.2, 0) is 11.2 Å². The summed E-state index contributed by atoms with van der Waals surface area (Å²) in [4.78, 5) is 22.3. The topological polar surface area (TPSA) is 122 Å². The minimum Gasteiger partial charge on any atom is -0.497 e. The number of piperidine rings is 1. The van der Waals surface area contributed by atoms with Crippen molar-refractivity contribution in [2.45, 2.75) is 18.9 Å². The van der Waals surface area contributed by atoms with E-state index in [0.717, 1.165) is 5.56 Å². The number of carbonyl (C=O) groups is 1. The minimum absolute atomic E-state index is 0.0875. The summed E-state index contributed by atoms with van der Waals surface area (Å²) in [6, 6.07) is 8.78. The zero-order valence-electron chi connectivity index (χ0n) is 14.5. The Morgan fingerprint density at radius 1 is 1.46 bits per heavy atom. The summed E-state index contributed by atoms with van der Waals surface area (Å²) in [5.74, 6) is 0.272. The van der Waals surface area contributed by atoms with E-state index in [2.05, 4.69) is 9.97 Å². The first-order valence-corrected chi connectivity index (χ1v) is 8.32. The van der Waals surface area contributed by atoms with Gasteiger partial charge in [-0.05, 0) is 36.6 Å². The number of anilines is 2. The lowest BCUT2D eigenvalue weighted by Crippen LogP contribution is -2.57. The highest BCUT2D eigenvalue weighted by Crippen LogP contribution is 2.36. The fourth-order valence-electron chi connectivity index (χ4n) is 3.37. The van der Waals surface area contributed by atoms with Crippen LogP contribution in [0, 0.1) is 5.41 Å². The molecule has 0 amide bonds. The summed E-state index contributed by atoms with van der Waals surface area (Å²) < 4.78 is 5.21. The van der Waals surface area contributed by atoms with E-state index < -0.39 is 17.5 Å². The van der Waals surface area contributed by atoms with Gasteiger partial charge in [0.15, 0.2) is 0 Å². The van der Waals surface area contributed by atoms with Crippen LogP contribution >= 0.6 is 0 Å². The van der Waals surface area contributed by atoms with Crippen molar-refractivity contribution in [1.82, 2.24) is 9.97 Å². The highest BCUT2D eigenvalue weighted by molar-refractivity contribution is 5.77. The van der Waals surface area contributed by atoms with E-state index in [-0.39, 0.29) is 13.0 Å². The van der Waals surface area contributed by atoms with Gasteiger partial charge >= 0.3 is 5.97 Å². The number of aliphatic hydroxyl groups is 1. The zero-order chi connectivity index (χ0) is 18.7. The summed E-state index contributed by atoms with van der Waals surface area (Å²) in [7, 11) is 1.56. The summed E-state index contributed by atoms with van der Waals surface area (Å²) >= 11 is 0. The third-order valence-corrected chi connectivity index (χ3v) is 4.81. The Labute approximate surface area is 151 Å². The maximum Gasteiger partial charge on any atom is 0.314 e. The third kappa shape index (κ3) is 3.41. The molecule has 1 aliphatic heterocycles. The molecule has 0 bridgehead atoms. The van der Waals surface area contributed by atoms with E-state index in [0.29, 0.717) is 30.5 Å². The van der Waals surface area contributed by atoms with Gasteiger partial charge in [-0.2, -0.15) is 4.98 Å². The van der Waals surface area contributed by atoms with Crippen molar-refractivity contribution < 1.29 is 19.7 Å². The molecular weight excluding hydrogens is 336 g/mol. The second-order valence-electron chi connectivity index (χ2n) is 6.50. The number of nitrogens with zero attached hydrogens (tertiary/aromatic N) is 3. The number of aliphatic hydroxyl groups excluding tert-OH is 1. The molecule has 0 aliphatic carbocycles. The van der Waals surface area contributed by atoms with Gasteiger partial charge in [-0.3, -0.25) is 4.79 Å². The molecule has 8 heteroatoms. The van der Waals surface area contributed by atoms with Crippen LogP contribution in [0.15, 0.2) is 36.5 Å². The van der Waals surface area contributed by atoms with Crippen LogP contribution in [0.25, 0.3) is 0 Å². The number of carboxylic acids is 1. The first kappa shape index (κ1) is 17.9. The maximum absolute atomic E-state index is 12.2. The van der Waals surface area contributed by atoms with E-state index >= 15 is 0 Å². The molecule has 1 aliphatic rings. The molecule has 2 aromatic rings. The number of carboxylic acid groups (broad SMARTS) is 1. The maximum atomic E-state index is 12.2. The molecular formula is C18H22N4O4. The molecule has 1 aromatic heterocycles. The van der Waals surface area contributed by atoms with Gasteiger partial charge in [0, 0.05) is 19.3 Å². The molecule has 1 saturated heterocycles. The third-order valence-electron chi connectivity index (χ3n) is 4.81. The molecule has 26 heavy (non-hydrogen) atoms. The summed E-state index contributed by atoms with van der Waals surface area (Å²) in [5, 5.41) is 20.6. The van der Waals surface area contributed by atoms with Gasteiger partial charge in [0.25, 0.3) is 0 Å². The number of hydrogen-bond donors (Lipinski definition) is 3. The lowest BCUT2D eigenvalue weighted by Gasteiger charge is -2.43. The second-order valence-corrected chi connectivity index (χ2v) is 6.50. The predicted molar refractivity (Wildman–Crippen MR) is 96.0 cm³/mol. The first-order valence-electron chi connectivity index (χ1n) is 8.32. The Bertz CT molecular complexity index is 800. The van der Waals surface area contributed by atoms with Crippen LogP contribution < -0.4 is 15.4 Å². The Hall–Kier alpha value is -2.87. The summed E-state index contributed by atoms with van der Waals surface area (Å²) in [5.41, 5.74) is 5.12. The molecule has 0 saturated carbocycles. The van der Waals surface area contributed by atoms with Crippen molar-refractivity contribution in [2.75, 3.05) is 30.8 Å². The lowest BCUT2D eigenvalue weighted by atomic mass is 9.73. The largest absolute Gasteiger partial charge is 0.497 e. The number of benzene rings is 1. The minimum atomic E-state index is -1.38. The van der Waals surface area contributed by atoms with Gasteiger partial charge in [-0.15, -0.1) is 0 Å². The van der Waals surface area contributed by atoms with Crippen LogP contribution in [0.3, 0.4) is 0 Å². The summed E-state index contributed by atoms with van der Waals surface area (Å²) in [6.45, 7) is 0.544. The fourth-order valence-corrected chi connectivity index (χ4v) is 3.37. The van der Waals surface area contributed by atoms with E-state index in [4.69, 9.17) is 10.5 Å². The fraction of sp³-hybridized carbons (Fsp3) is 0.389. The standard InChI is InChI=1S/C18H22N4O4/c1-26-13-4-2-3-12(9-13)10-18(16(24)25)11-22(8-6-14(18)23)17-20-7-5-15(19)21-17/h2-5,7,9,14,23H,6,8,10-11H2,1H3,(H,24,25)(H2,19,20,21)/t14-,18+/m0/s1.